The van der Waals surface area contributed by atoms with Crippen LogP contribution in [0.5, 0.6) is 5.75 Å². The third kappa shape index (κ3) is 4.50. The van der Waals surface area contributed by atoms with Gasteiger partial charge in [-0.1, -0.05) is 11.1 Å². The van der Waals surface area contributed by atoms with E-state index in [9.17, 15) is 9.90 Å². The van der Waals surface area contributed by atoms with Crippen LogP contribution >= 0.6 is 12.0 Å². The number of aromatic carboxylic acids is 1. The van der Waals surface area contributed by atoms with Crippen molar-refractivity contribution in [2.75, 3.05) is 5.32 Å². The van der Waals surface area contributed by atoms with Gasteiger partial charge in [0.2, 0.25) is 0 Å². The number of carbonyl (C=O) groups is 1. The minimum absolute atomic E-state index is 0. The van der Waals surface area contributed by atoms with Crippen molar-refractivity contribution in [1.29, 1.82) is 0 Å². The number of carboxylic acids is 1. The van der Waals surface area contributed by atoms with Crippen LogP contribution in [0.2, 0.25) is 0 Å². The largest absolute Gasteiger partial charge is 0.507 e. The second kappa shape index (κ2) is 8.74. The molecule has 3 aromatic rings. The molecule has 0 radical (unpaired) electrons. The van der Waals surface area contributed by atoms with E-state index in [1.165, 1.54) is 12.1 Å². The molecule has 0 aliphatic heterocycles. The highest BCUT2D eigenvalue weighted by Gasteiger charge is 2.12. The van der Waals surface area contributed by atoms with Crippen molar-refractivity contribution in [2.45, 2.75) is 11.8 Å². The van der Waals surface area contributed by atoms with Crippen LogP contribution in [0.25, 0.3) is 10.8 Å². The third-order valence-electron chi connectivity index (χ3n) is 3.89. The van der Waals surface area contributed by atoms with Gasteiger partial charge in [0, 0.05) is 27.2 Å². The zero-order chi connectivity index (χ0) is 18.7. The Morgan fingerprint density at radius 2 is 1.74 bits per heavy atom. The summed E-state index contributed by atoms with van der Waals surface area (Å²) in [7, 11) is 0. The summed E-state index contributed by atoms with van der Waals surface area (Å²) in [5, 5.41) is 35.9. The number of hydrogen-bond acceptors (Lipinski definition) is 7. The number of fused-ring (bicyclic) bond motifs is 1. The smallest absolute Gasteiger partial charge is 0.335 e. The first-order chi connectivity index (χ1) is 12.5. The number of phenols is 1. The fourth-order valence-electron chi connectivity index (χ4n) is 2.53. The molecule has 142 valence electrons. The maximum atomic E-state index is 10.9. The molecule has 0 heterocycles. The second-order valence-corrected chi connectivity index (χ2v) is 6.26. The van der Waals surface area contributed by atoms with Crippen LogP contribution < -0.4 is 5.32 Å². The average molecular weight is 388 g/mol. The van der Waals surface area contributed by atoms with Crippen molar-refractivity contribution in [3.8, 4) is 5.75 Å². The van der Waals surface area contributed by atoms with Gasteiger partial charge in [-0.25, -0.2) is 10.1 Å². The number of hydrogen-bond donors (Lipinski definition) is 4. The lowest BCUT2D eigenvalue weighted by Crippen LogP contribution is -1.96. The number of aromatic hydroxyl groups is 1. The first-order valence-electron chi connectivity index (χ1n) is 7.51. The topological polar surface area (TPSA) is 108 Å². The molecule has 0 atom stereocenters. The highest BCUT2D eigenvalue weighted by molar-refractivity contribution is 7.94. The molecule has 4 N–H and O–H groups in total. The van der Waals surface area contributed by atoms with E-state index in [2.05, 4.69) is 14.7 Å². The molecule has 3 rings (SSSR count). The molecule has 0 unspecified atom stereocenters. The molecular formula is C19H18NO6S-. The standard InChI is InChI=1S/C18H15NO6S.CH3/c1-10-16(26-25-24-23)8-12-4-7-14(9-15(12)17(10)20)19-13-5-2-11(3-6-13)18(21)22;/h2-9,19-20,23H,1H3,(H,21,22);1H3/q;-1. The van der Waals surface area contributed by atoms with Crippen molar-refractivity contribution in [1.82, 2.24) is 0 Å². The van der Waals surface area contributed by atoms with E-state index in [1.807, 2.05) is 12.1 Å². The predicted octanol–water partition coefficient (Wildman–Crippen LogP) is 5.17. The summed E-state index contributed by atoms with van der Waals surface area (Å²) < 4.78 is 4.44. The van der Waals surface area contributed by atoms with Crippen LogP contribution in [0.3, 0.4) is 0 Å². The summed E-state index contributed by atoms with van der Waals surface area (Å²) in [6.07, 6.45) is 0. The van der Waals surface area contributed by atoms with Crippen LogP contribution in [0.15, 0.2) is 53.4 Å². The Hall–Kier alpha value is -2.78. The lowest BCUT2D eigenvalue weighted by molar-refractivity contribution is -0.432. The first kappa shape index (κ1) is 20.5. The summed E-state index contributed by atoms with van der Waals surface area (Å²) in [6, 6.07) is 13.6. The highest BCUT2D eigenvalue weighted by Crippen LogP contribution is 2.38. The van der Waals surface area contributed by atoms with Crippen molar-refractivity contribution in [3.05, 3.63) is 67.1 Å². The van der Waals surface area contributed by atoms with Gasteiger partial charge in [0.15, 0.2) is 0 Å². The highest BCUT2D eigenvalue weighted by atomic mass is 32.2. The van der Waals surface area contributed by atoms with E-state index in [-0.39, 0.29) is 18.7 Å². The minimum atomic E-state index is -0.980. The van der Waals surface area contributed by atoms with Crippen LogP contribution in [0.4, 0.5) is 11.4 Å². The number of rotatable bonds is 6. The minimum Gasteiger partial charge on any atom is -0.507 e. The molecule has 0 amide bonds. The molecule has 0 aromatic heterocycles. The Balaban J connectivity index is 0.00000261. The second-order valence-electron chi connectivity index (χ2n) is 5.52. The van der Waals surface area contributed by atoms with Gasteiger partial charge in [0.05, 0.1) is 17.6 Å². The van der Waals surface area contributed by atoms with Crippen molar-refractivity contribution < 1.29 is 29.6 Å². The predicted molar refractivity (Wildman–Crippen MR) is 104 cm³/mol. The first-order valence-corrected chi connectivity index (χ1v) is 8.25. The number of anilines is 2. The summed E-state index contributed by atoms with van der Waals surface area (Å²) in [4.78, 5) is 11.5. The van der Waals surface area contributed by atoms with Crippen LogP contribution in [0, 0.1) is 14.4 Å². The lowest BCUT2D eigenvalue weighted by atomic mass is 10.0. The molecular weight excluding hydrogens is 370 g/mol. The lowest BCUT2D eigenvalue weighted by Gasteiger charge is -2.12. The number of carboxylic acid groups (broad SMARTS) is 1. The molecule has 27 heavy (non-hydrogen) atoms. The van der Waals surface area contributed by atoms with E-state index >= 15 is 0 Å². The number of nitrogens with one attached hydrogen (secondary N) is 1. The zero-order valence-corrected chi connectivity index (χ0v) is 15.4. The van der Waals surface area contributed by atoms with E-state index in [4.69, 9.17) is 10.4 Å². The maximum absolute atomic E-state index is 10.9. The molecule has 0 spiro atoms. The molecule has 0 fully saturated rings. The normalized spacial score (nSPS) is 10.4. The van der Waals surface area contributed by atoms with Gasteiger partial charge in [-0.2, -0.15) is 0 Å². The zero-order valence-electron chi connectivity index (χ0n) is 14.6. The SMILES string of the molecule is Cc1c(SOOO)cc2ccc(Nc3ccc(C(=O)O)cc3)cc2c1O.[CH3-]. The molecule has 0 aliphatic rings. The van der Waals surface area contributed by atoms with E-state index in [0.29, 0.717) is 15.8 Å². The van der Waals surface area contributed by atoms with E-state index in [1.54, 1.807) is 31.2 Å². The fraction of sp³-hybridized carbons (Fsp3) is 0.0526. The van der Waals surface area contributed by atoms with Crippen LogP contribution in [-0.4, -0.2) is 21.4 Å². The quantitative estimate of drug-likeness (QED) is 0.198. The van der Waals surface area contributed by atoms with Gasteiger partial charge in [0.25, 0.3) is 0 Å². The van der Waals surface area contributed by atoms with Crippen molar-refractivity contribution >= 4 is 40.2 Å². The molecule has 7 nitrogen and oxygen atoms in total. The Bertz CT molecular complexity index is 959. The summed E-state index contributed by atoms with van der Waals surface area (Å²) in [6.45, 7) is 1.72. The van der Waals surface area contributed by atoms with Crippen LogP contribution in [-0.2, 0) is 9.37 Å². The molecule has 0 saturated carbocycles. The van der Waals surface area contributed by atoms with Crippen molar-refractivity contribution in [2.24, 2.45) is 0 Å². The number of benzene rings is 3. The fourth-order valence-corrected chi connectivity index (χ4v) is 3.03. The molecule has 0 aliphatic carbocycles. The average Bonchev–Trinajstić information content (AvgIpc) is 2.64. The summed E-state index contributed by atoms with van der Waals surface area (Å²) in [5.41, 5.74) is 2.26. The molecule has 0 saturated heterocycles. The Morgan fingerprint density at radius 1 is 1.07 bits per heavy atom. The van der Waals surface area contributed by atoms with Gasteiger partial charge < -0.3 is 23.0 Å². The Labute approximate surface area is 160 Å². The van der Waals surface area contributed by atoms with E-state index < -0.39 is 5.97 Å². The summed E-state index contributed by atoms with van der Waals surface area (Å²) >= 11 is 0.791. The monoisotopic (exact) mass is 388 g/mol. The van der Waals surface area contributed by atoms with E-state index in [0.717, 1.165) is 28.8 Å². The van der Waals surface area contributed by atoms with Crippen molar-refractivity contribution in [3.63, 3.8) is 0 Å². The van der Waals surface area contributed by atoms with Gasteiger partial charge in [-0.05, 0) is 54.8 Å². The Morgan fingerprint density at radius 3 is 2.37 bits per heavy atom. The summed E-state index contributed by atoms with van der Waals surface area (Å²) in [5.74, 6) is -0.886. The molecule has 8 heteroatoms. The van der Waals surface area contributed by atoms with Gasteiger partial charge in [-0.15, -0.1) is 4.33 Å². The van der Waals surface area contributed by atoms with Gasteiger partial charge in [0.1, 0.15) is 5.75 Å². The van der Waals surface area contributed by atoms with Crippen LogP contribution in [0.1, 0.15) is 15.9 Å². The Kier molecular flexibility index (Phi) is 6.65. The molecule has 0 bridgehead atoms. The number of phenolic OH excluding ortho intramolecular Hbond substituents is 1. The van der Waals surface area contributed by atoms with Gasteiger partial charge >= 0.3 is 5.97 Å². The molecule has 3 aromatic carbocycles. The van der Waals surface area contributed by atoms with Gasteiger partial charge in [-0.3, -0.25) is 0 Å². The maximum Gasteiger partial charge on any atom is 0.335 e. The third-order valence-corrected chi connectivity index (χ3v) is 4.63.